The minimum Gasteiger partial charge on any atom is -0.396 e. The van der Waals surface area contributed by atoms with Gasteiger partial charge in [-0.3, -0.25) is 4.90 Å². The van der Waals surface area contributed by atoms with Crippen molar-refractivity contribution in [2.24, 2.45) is 5.92 Å². The maximum Gasteiger partial charge on any atom is 0.0584 e. The van der Waals surface area contributed by atoms with E-state index in [2.05, 4.69) is 4.90 Å². The van der Waals surface area contributed by atoms with Gasteiger partial charge in [-0.1, -0.05) is 0 Å². The molecule has 3 heteroatoms. The van der Waals surface area contributed by atoms with E-state index in [1.54, 1.807) is 0 Å². The third-order valence-electron chi connectivity index (χ3n) is 2.60. The maximum atomic E-state index is 8.84. The van der Waals surface area contributed by atoms with Crippen LogP contribution in [0.2, 0.25) is 0 Å². The van der Waals surface area contributed by atoms with Gasteiger partial charge in [0.15, 0.2) is 0 Å². The van der Waals surface area contributed by atoms with Crippen molar-refractivity contribution in [1.29, 1.82) is 0 Å². The van der Waals surface area contributed by atoms with E-state index in [0.29, 0.717) is 12.0 Å². The molecule has 2 N–H and O–H groups in total. The van der Waals surface area contributed by atoms with Crippen molar-refractivity contribution in [2.45, 2.75) is 25.4 Å². The molecule has 1 aliphatic carbocycles. The number of aliphatic hydroxyl groups is 2. The molecule has 0 aromatic carbocycles. The fourth-order valence-electron chi connectivity index (χ4n) is 1.38. The second-order valence-electron chi connectivity index (χ2n) is 3.44. The lowest BCUT2D eigenvalue weighted by molar-refractivity contribution is 0.141. The fourth-order valence-corrected chi connectivity index (χ4v) is 1.38. The predicted molar refractivity (Wildman–Crippen MR) is 43.3 cm³/mol. The Kier molecular flexibility index (Phi) is 2.87. The van der Waals surface area contributed by atoms with Crippen LogP contribution in [0.5, 0.6) is 0 Å². The predicted octanol–water partition coefficient (Wildman–Crippen LogP) is -0.320. The second-order valence-corrected chi connectivity index (χ2v) is 3.44. The van der Waals surface area contributed by atoms with Crippen LogP contribution in [0, 0.1) is 5.92 Å². The average Bonchev–Trinajstić information content (AvgIpc) is 2.80. The highest BCUT2D eigenvalue weighted by molar-refractivity contribution is 4.94. The standard InChI is InChI=1S/C8H17NO2/c1-6(4-10)9(2)8-3-7(8)5-11/h6-8,10-11H,3-5H2,1-2H3. The van der Waals surface area contributed by atoms with Crippen LogP contribution in [0.25, 0.3) is 0 Å². The summed E-state index contributed by atoms with van der Waals surface area (Å²) in [6, 6.07) is 0.721. The van der Waals surface area contributed by atoms with Gasteiger partial charge in [-0.15, -0.1) is 0 Å². The van der Waals surface area contributed by atoms with Gasteiger partial charge in [0.25, 0.3) is 0 Å². The number of hydrogen-bond acceptors (Lipinski definition) is 3. The summed E-state index contributed by atoms with van der Waals surface area (Å²) in [5.41, 5.74) is 0. The fraction of sp³-hybridized carbons (Fsp3) is 1.00. The molecule has 1 rings (SSSR count). The number of likely N-dealkylation sites (N-methyl/N-ethyl adjacent to an activating group) is 1. The number of hydrogen-bond donors (Lipinski definition) is 2. The van der Waals surface area contributed by atoms with Gasteiger partial charge < -0.3 is 10.2 Å². The first kappa shape index (κ1) is 8.97. The van der Waals surface area contributed by atoms with E-state index in [-0.39, 0.29) is 19.3 Å². The highest BCUT2D eigenvalue weighted by Gasteiger charge is 2.40. The molecule has 0 heterocycles. The van der Waals surface area contributed by atoms with Gasteiger partial charge in [0, 0.05) is 18.7 Å². The molecular formula is C8H17NO2. The monoisotopic (exact) mass is 159 g/mol. The molecule has 0 aliphatic heterocycles. The number of aliphatic hydroxyl groups excluding tert-OH is 2. The van der Waals surface area contributed by atoms with E-state index in [4.69, 9.17) is 10.2 Å². The Morgan fingerprint density at radius 3 is 2.55 bits per heavy atom. The minimum absolute atomic E-state index is 0.200. The van der Waals surface area contributed by atoms with E-state index < -0.39 is 0 Å². The van der Waals surface area contributed by atoms with Gasteiger partial charge >= 0.3 is 0 Å². The zero-order valence-corrected chi connectivity index (χ0v) is 7.20. The van der Waals surface area contributed by atoms with Crippen molar-refractivity contribution in [3.63, 3.8) is 0 Å². The Hall–Kier alpha value is -0.120. The first-order chi connectivity index (χ1) is 5.20. The van der Waals surface area contributed by atoms with E-state index >= 15 is 0 Å². The summed E-state index contributed by atoms with van der Waals surface area (Å²) in [7, 11) is 2.00. The zero-order chi connectivity index (χ0) is 8.43. The molecule has 0 saturated heterocycles. The molecule has 0 aromatic heterocycles. The van der Waals surface area contributed by atoms with Gasteiger partial charge in [0.05, 0.1) is 6.61 Å². The molecule has 3 unspecified atom stereocenters. The van der Waals surface area contributed by atoms with Gasteiger partial charge in [0.1, 0.15) is 0 Å². The maximum absolute atomic E-state index is 8.84. The van der Waals surface area contributed by atoms with Crippen molar-refractivity contribution in [1.82, 2.24) is 4.90 Å². The first-order valence-corrected chi connectivity index (χ1v) is 4.14. The van der Waals surface area contributed by atoms with Crippen LogP contribution in [0.4, 0.5) is 0 Å². The lowest BCUT2D eigenvalue weighted by Gasteiger charge is -2.22. The summed E-state index contributed by atoms with van der Waals surface area (Å²) in [5, 5.41) is 17.6. The van der Waals surface area contributed by atoms with Gasteiger partial charge in [-0.25, -0.2) is 0 Å². The second kappa shape index (κ2) is 3.52. The van der Waals surface area contributed by atoms with Crippen LogP contribution in [0.3, 0.4) is 0 Å². The van der Waals surface area contributed by atoms with Crippen molar-refractivity contribution in [3.05, 3.63) is 0 Å². The molecule has 1 aliphatic rings. The van der Waals surface area contributed by atoms with Gasteiger partial charge in [-0.2, -0.15) is 0 Å². The van der Waals surface area contributed by atoms with Crippen LogP contribution in [-0.4, -0.2) is 47.5 Å². The molecule has 11 heavy (non-hydrogen) atoms. The quantitative estimate of drug-likeness (QED) is 0.591. The Labute approximate surface area is 67.6 Å². The lowest BCUT2D eigenvalue weighted by Crippen LogP contribution is -2.34. The van der Waals surface area contributed by atoms with Crippen molar-refractivity contribution in [3.8, 4) is 0 Å². The highest BCUT2D eigenvalue weighted by atomic mass is 16.3. The number of rotatable bonds is 4. The van der Waals surface area contributed by atoms with Crippen LogP contribution in [-0.2, 0) is 0 Å². The molecular weight excluding hydrogens is 142 g/mol. The smallest absolute Gasteiger partial charge is 0.0584 e. The Morgan fingerprint density at radius 2 is 2.18 bits per heavy atom. The molecule has 3 nitrogen and oxygen atoms in total. The summed E-state index contributed by atoms with van der Waals surface area (Å²) >= 11 is 0. The normalized spacial score (nSPS) is 32.5. The average molecular weight is 159 g/mol. The third kappa shape index (κ3) is 1.92. The first-order valence-electron chi connectivity index (χ1n) is 4.14. The van der Waals surface area contributed by atoms with Crippen molar-refractivity contribution >= 4 is 0 Å². The summed E-state index contributed by atoms with van der Waals surface area (Å²) in [5.74, 6) is 0.453. The molecule has 66 valence electrons. The molecule has 0 radical (unpaired) electrons. The molecule has 3 atom stereocenters. The summed E-state index contributed by atoms with van der Waals surface area (Å²) in [6.45, 7) is 2.48. The lowest BCUT2D eigenvalue weighted by atomic mass is 10.3. The molecule has 1 fully saturated rings. The van der Waals surface area contributed by atoms with Gasteiger partial charge in [-0.05, 0) is 26.3 Å². The molecule has 0 amide bonds. The third-order valence-corrected chi connectivity index (χ3v) is 2.60. The zero-order valence-electron chi connectivity index (χ0n) is 7.20. The van der Waals surface area contributed by atoms with Gasteiger partial charge in [0.2, 0.25) is 0 Å². The highest BCUT2D eigenvalue weighted by Crippen LogP contribution is 2.35. The Morgan fingerprint density at radius 1 is 1.55 bits per heavy atom. The molecule has 1 saturated carbocycles. The van der Waals surface area contributed by atoms with E-state index in [9.17, 15) is 0 Å². The topological polar surface area (TPSA) is 43.7 Å². The summed E-state index contributed by atoms with van der Waals surface area (Å²) in [4.78, 5) is 2.14. The molecule has 0 bridgehead atoms. The summed E-state index contributed by atoms with van der Waals surface area (Å²) in [6.07, 6.45) is 1.08. The SMILES string of the molecule is CC(CO)N(C)C1CC1CO. The largest absolute Gasteiger partial charge is 0.396 e. The van der Waals surface area contributed by atoms with Crippen LogP contribution >= 0.6 is 0 Å². The van der Waals surface area contributed by atoms with Crippen LogP contribution in [0.1, 0.15) is 13.3 Å². The van der Waals surface area contributed by atoms with E-state index in [0.717, 1.165) is 6.42 Å². The molecule has 0 spiro atoms. The van der Waals surface area contributed by atoms with Crippen molar-refractivity contribution in [2.75, 3.05) is 20.3 Å². The minimum atomic E-state index is 0.200. The van der Waals surface area contributed by atoms with Crippen LogP contribution < -0.4 is 0 Å². The van der Waals surface area contributed by atoms with Crippen molar-refractivity contribution < 1.29 is 10.2 Å². The van der Waals surface area contributed by atoms with E-state index in [1.165, 1.54) is 0 Å². The Bertz CT molecular complexity index is 129. The van der Waals surface area contributed by atoms with E-state index in [1.807, 2.05) is 14.0 Å². The number of nitrogens with zero attached hydrogens (tertiary/aromatic N) is 1. The Balaban J connectivity index is 2.26. The molecule has 0 aromatic rings. The summed E-state index contributed by atoms with van der Waals surface area (Å²) < 4.78 is 0. The van der Waals surface area contributed by atoms with Crippen LogP contribution in [0.15, 0.2) is 0 Å².